The number of nitrogens with one attached hydrogen (secondary N) is 1. The molecule has 1 N–H and O–H groups in total. The Kier molecular flexibility index (Phi) is 10.6. The van der Waals surface area contributed by atoms with E-state index in [1.807, 2.05) is 13.1 Å². The third-order valence-corrected chi connectivity index (χ3v) is 2.90. The Hall–Kier alpha value is -0.780. The highest BCUT2D eigenvalue weighted by molar-refractivity contribution is 14.0. The van der Waals surface area contributed by atoms with E-state index in [2.05, 4.69) is 53.4 Å². The fraction of sp³-hybridized carbons (Fsp3) is 0.533. The summed E-state index contributed by atoms with van der Waals surface area (Å²) in [6.45, 7) is 4.10. The van der Waals surface area contributed by atoms with Crippen LogP contribution in [-0.2, 0) is 6.54 Å². The van der Waals surface area contributed by atoms with Crippen LogP contribution in [0.1, 0.15) is 31.7 Å². The Morgan fingerprint density at radius 3 is 2.47 bits per heavy atom. The molecule has 0 radical (unpaired) electrons. The molecular weight excluding hydrogens is 349 g/mol. The number of benzene rings is 1. The molecule has 0 aromatic heterocycles. The second-order valence-electron chi connectivity index (χ2n) is 4.52. The minimum atomic E-state index is 0. The second-order valence-corrected chi connectivity index (χ2v) is 4.52. The average molecular weight is 375 g/mol. The van der Waals surface area contributed by atoms with Crippen LogP contribution in [0.25, 0.3) is 0 Å². The number of nitrogens with zero attached hydrogens (tertiary/aromatic N) is 2. The number of guanidine groups is 1. The van der Waals surface area contributed by atoms with E-state index in [4.69, 9.17) is 0 Å². The zero-order chi connectivity index (χ0) is 13.2. The monoisotopic (exact) mass is 375 g/mol. The molecule has 0 atom stereocenters. The SMILES string of the molecule is CCCCCNC(=NC)N(C)Cc1ccccc1.I. The first-order valence-corrected chi connectivity index (χ1v) is 6.73. The van der Waals surface area contributed by atoms with Crippen LogP contribution in [0.4, 0.5) is 0 Å². The van der Waals surface area contributed by atoms with Crippen LogP contribution in [0.15, 0.2) is 35.3 Å². The molecule has 1 aromatic carbocycles. The summed E-state index contributed by atoms with van der Waals surface area (Å²) in [5.41, 5.74) is 1.30. The van der Waals surface area contributed by atoms with Crippen LogP contribution in [0, 0.1) is 0 Å². The summed E-state index contributed by atoms with van der Waals surface area (Å²) in [6.07, 6.45) is 3.72. The fourth-order valence-corrected chi connectivity index (χ4v) is 1.89. The van der Waals surface area contributed by atoms with Crippen LogP contribution in [0.3, 0.4) is 0 Å². The Morgan fingerprint density at radius 1 is 1.21 bits per heavy atom. The van der Waals surface area contributed by atoms with Gasteiger partial charge in [0.1, 0.15) is 0 Å². The predicted octanol–water partition coefficient (Wildman–Crippen LogP) is 3.50. The summed E-state index contributed by atoms with van der Waals surface area (Å²) in [4.78, 5) is 6.47. The number of hydrogen-bond donors (Lipinski definition) is 1. The van der Waals surface area contributed by atoms with Crippen molar-refractivity contribution in [3.8, 4) is 0 Å². The summed E-state index contributed by atoms with van der Waals surface area (Å²) >= 11 is 0. The average Bonchev–Trinajstić information content (AvgIpc) is 2.40. The maximum atomic E-state index is 4.31. The molecule has 4 heteroatoms. The lowest BCUT2D eigenvalue weighted by Gasteiger charge is -2.22. The minimum Gasteiger partial charge on any atom is -0.356 e. The topological polar surface area (TPSA) is 27.6 Å². The second kappa shape index (κ2) is 11.1. The van der Waals surface area contributed by atoms with Crippen LogP contribution < -0.4 is 5.32 Å². The normalized spacial score (nSPS) is 10.8. The molecule has 0 fully saturated rings. The van der Waals surface area contributed by atoms with Crippen molar-refractivity contribution in [1.29, 1.82) is 0 Å². The molecule has 0 spiro atoms. The standard InChI is InChI=1S/C15H25N3.HI/c1-4-5-9-12-17-15(16-2)18(3)13-14-10-7-6-8-11-14;/h6-8,10-11H,4-5,9,12-13H2,1-3H3,(H,16,17);1H. The van der Waals surface area contributed by atoms with Gasteiger partial charge in [-0.3, -0.25) is 4.99 Å². The van der Waals surface area contributed by atoms with Gasteiger partial charge >= 0.3 is 0 Å². The molecule has 108 valence electrons. The van der Waals surface area contributed by atoms with Gasteiger partial charge in [0.05, 0.1) is 0 Å². The van der Waals surface area contributed by atoms with Crippen molar-refractivity contribution in [2.75, 3.05) is 20.6 Å². The molecule has 1 rings (SSSR count). The largest absolute Gasteiger partial charge is 0.356 e. The molecule has 0 heterocycles. The summed E-state index contributed by atoms with van der Waals surface area (Å²) in [6, 6.07) is 10.5. The van der Waals surface area contributed by atoms with Gasteiger partial charge in [0.2, 0.25) is 0 Å². The maximum Gasteiger partial charge on any atom is 0.193 e. The number of aliphatic imine (C=N–C) groups is 1. The Bertz CT molecular complexity index is 352. The molecule has 0 amide bonds. The van der Waals surface area contributed by atoms with E-state index < -0.39 is 0 Å². The molecule has 0 aliphatic carbocycles. The molecule has 1 aromatic rings. The molecule has 19 heavy (non-hydrogen) atoms. The molecule has 0 unspecified atom stereocenters. The third kappa shape index (κ3) is 7.40. The summed E-state index contributed by atoms with van der Waals surface area (Å²) in [7, 11) is 3.91. The first-order valence-electron chi connectivity index (χ1n) is 6.73. The number of unbranched alkanes of at least 4 members (excludes halogenated alkanes) is 2. The Balaban J connectivity index is 0.00000324. The van der Waals surface area contributed by atoms with Gasteiger partial charge in [0, 0.05) is 27.2 Å². The van der Waals surface area contributed by atoms with Crippen molar-refractivity contribution < 1.29 is 0 Å². The molecule has 0 saturated carbocycles. The summed E-state index contributed by atoms with van der Waals surface area (Å²) in [5.74, 6) is 0.968. The maximum absolute atomic E-state index is 4.31. The first kappa shape index (κ1) is 18.2. The van der Waals surface area contributed by atoms with Crippen molar-refractivity contribution in [3.63, 3.8) is 0 Å². The van der Waals surface area contributed by atoms with E-state index in [-0.39, 0.29) is 24.0 Å². The van der Waals surface area contributed by atoms with Crippen molar-refractivity contribution in [1.82, 2.24) is 10.2 Å². The van der Waals surface area contributed by atoms with Gasteiger partial charge in [0.25, 0.3) is 0 Å². The summed E-state index contributed by atoms with van der Waals surface area (Å²) < 4.78 is 0. The van der Waals surface area contributed by atoms with Crippen LogP contribution in [-0.4, -0.2) is 31.5 Å². The van der Waals surface area contributed by atoms with Crippen molar-refractivity contribution in [2.24, 2.45) is 4.99 Å². The van der Waals surface area contributed by atoms with E-state index in [9.17, 15) is 0 Å². The molecular formula is C15H26IN3. The van der Waals surface area contributed by atoms with Crippen LogP contribution >= 0.6 is 24.0 Å². The third-order valence-electron chi connectivity index (χ3n) is 2.90. The Morgan fingerprint density at radius 2 is 1.89 bits per heavy atom. The zero-order valence-corrected chi connectivity index (χ0v) is 14.6. The highest BCUT2D eigenvalue weighted by atomic mass is 127. The van der Waals surface area contributed by atoms with E-state index in [1.165, 1.54) is 24.8 Å². The lowest BCUT2D eigenvalue weighted by molar-refractivity contribution is 0.474. The lowest BCUT2D eigenvalue weighted by atomic mass is 10.2. The van der Waals surface area contributed by atoms with Crippen molar-refractivity contribution in [2.45, 2.75) is 32.7 Å². The highest BCUT2D eigenvalue weighted by Gasteiger charge is 2.05. The van der Waals surface area contributed by atoms with Gasteiger partial charge in [-0.1, -0.05) is 50.1 Å². The van der Waals surface area contributed by atoms with Gasteiger partial charge < -0.3 is 10.2 Å². The van der Waals surface area contributed by atoms with E-state index in [0.29, 0.717) is 0 Å². The number of rotatable bonds is 6. The Labute approximate surface area is 134 Å². The fourth-order valence-electron chi connectivity index (χ4n) is 1.89. The van der Waals surface area contributed by atoms with Gasteiger partial charge in [-0.15, -0.1) is 24.0 Å². The van der Waals surface area contributed by atoms with E-state index in [0.717, 1.165) is 19.0 Å². The van der Waals surface area contributed by atoms with Crippen molar-refractivity contribution >= 4 is 29.9 Å². The zero-order valence-electron chi connectivity index (χ0n) is 12.2. The molecule has 0 bridgehead atoms. The quantitative estimate of drug-likeness (QED) is 0.357. The lowest BCUT2D eigenvalue weighted by Crippen LogP contribution is -2.38. The molecule has 0 saturated heterocycles. The van der Waals surface area contributed by atoms with Crippen LogP contribution in [0.2, 0.25) is 0 Å². The van der Waals surface area contributed by atoms with E-state index >= 15 is 0 Å². The van der Waals surface area contributed by atoms with Gasteiger partial charge in [0.15, 0.2) is 5.96 Å². The molecule has 0 aliphatic heterocycles. The molecule has 3 nitrogen and oxygen atoms in total. The first-order chi connectivity index (χ1) is 8.77. The van der Waals surface area contributed by atoms with Gasteiger partial charge in [-0.2, -0.15) is 0 Å². The highest BCUT2D eigenvalue weighted by Crippen LogP contribution is 2.02. The predicted molar refractivity (Wildman–Crippen MR) is 94.2 cm³/mol. The number of hydrogen-bond acceptors (Lipinski definition) is 1. The van der Waals surface area contributed by atoms with Gasteiger partial charge in [-0.25, -0.2) is 0 Å². The van der Waals surface area contributed by atoms with Gasteiger partial charge in [-0.05, 0) is 12.0 Å². The van der Waals surface area contributed by atoms with Crippen LogP contribution in [0.5, 0.6) is 0 Å². The molecule has 0 aliphatic rings. The minimum absolute atomic E-state index is 0. The number of halogens is 1. The smallest absolute Gasteiger partial charge is 0.193 e. The summed E-state index contributed by atoms with van der Waals surface area (Å²) in [5, 5.41) is 3.40. The van der Waals surface area contributed by atoms with E-state index in [1.54, 1.807) is 0 Å². The van der Waals surface area contributed by atoms with Crippen molar-refractivity contribution in [3.05, 3.63) is 35.9 Å².